The third kappa shape index (κ3) is 1.99. The molecule has 1 saturated heterocycles. The van der Waals surface area contributed by atoms with Gasteiger partial charge in [-0.25, -0.2) is 8.42 Å². The summed E-state index contributed by atoms with van der Waals surface area (Å²) in [5, 5.41) is 6.24. The minimum atomic E-state index is -3.35. The van der Waals surface area contributed by atoms with Gasteiger partial charge < -0.3 is 0 Å². The topological polar surface area (TPSA) is 66.1 Å². The van der Waals surface area contributed by atoms with E-state index in [1.807, 2.05) is 6.92 Å². The highest BCUT2D eigenvalue weighted by Crippen LogP contribution is 2.27. The van der Waals surface area contributed by atoms with Crippen molar-refractivity contribution >= 4 is 10.0 Å². The minimum Gasteiger partial charge on any atom is -0.284 e. The zero-order valence-electron chi connectivity index (χ0n) is 9.55. The first kappa shape index (κ1) is 11.6. The van der Waals surface area contributed by atoms with E-state index in [1.165, 1.54) is 12.4 Å². The molecule has 1 N–H and O–H groups in total. The van der Waals surface area contributed by atoms with Crippen LogP contribution < -0.4 is 0 Å². The van der Waals surface area contributed by atoms with E-state index in [2.05, 4.69) is 17.1 Å². The lowest BCUT2D eigenvalue weighted by Crippen LogP contribution is -2.43. The SMILES string of the molecule is CC1CCN(S(=O)(=O)c2cn[nH]c2)C(C)C1. The zero-order valence-corrected chi connectivity index (χ0v) is 10.4. The second-order valence-electron chi connectivity index (χ2n) is 4.53. The quantitative estimate of drug-likeness (QED) is 0.849. The highest BCUT2D eigenvalue weighted by atomic mass is 32.2. The van der Waals surface area contributed by atoms with Crippen LogP contribution in [-0.2, 0) is 10.0 Å². The van der Waals surface area contributed by atoms with Gasteiger partial charge in [-0.2, -0.15) is 9.40 Å². The molecule has 90 valence electrons. The standard InChI is InChI=1S/C10H17N3O2S/c1-8-3-4-13(9(2)5-8)16(14,15)10-6-11-12-7-10/h6-9H,3-5H2,1-2H3,(H,11,12). The Morgan fingerprint density at radius 3 is 2.81 bits per heavy atom. The largest absolute Gasteiger partial charge is 0.284 e. The van der Waals surface area contributed by atoms with Crippen LogP contribution in [-0.4, -0.2) is 35.5 Å². The van der Waals surface area contributed by atoms with Crippen molar-refractivity contribution in [2.45, 2.75) is 37.6 Å². The van der Waals surface area contributed by atoms with Crippen molar-refractivity contribution in [3.05, 3.63) is 12.4 Å². The van der Waals surface area contributed by atoms with Crippen molar-refractivity contribution in [3.8, 4) is 0 Å². The van der Waals surface area contributed by atoms with E-state index in [-0.39, 0.29) is 10.9 Å². The molecular formula is C10H17N3O2S. The zero-order chi connectivity index (χ0) is 11.8. The fourth-order valence-corrected chi connectivity index (χ4v) is 3.82. The van der Waals surface area contributed by atoms with E-state index < -0.39 is 10.0 Å². The maximum atomic E-state index is 12.2. The second-order valence-corrected chi connectivity index (χ2v) is 6.42. The van der Waals surface area contributed by atoms with Crippen LogP contribution in [0.1, 0.15) is 26.7 Å². The number of aromatic nitrogens is 2. The van der Waals surface area contributed by atoms with E-state index in [1.54, 1.807) is 4.31 Å². The van der Waals surface area contributed by atoms with Gasteiger partial charge in [0.25, 0.3) is 0 Å². The van der Waals surface area contributed by atoms with Gasteiger partial charge in [-0.15, -0.1) is 0 Å². The molecule has 0 amide bonds. The molecule has 2 unspecified atom stereocenters. The predicted molar refractivity (Wildman–Crippen MR) is 60.3 cm³/mol. The molecule has 2 heterocycles. The molecule has 0 radical (unpaired) electrons. The molecule has 0 saturated carbocycles. The van der Waals surface area contributed by atoms with E-state index in [0.717, 1.165) is 12.8 Å². The normalized spacial score (nSPS) is 28.1. The number of hydrogen-bond acceptors (Lipinski definition) is 3. The van der Waals surface area contributed by atoms with Gasteiger partial charge in [0.05, 0.1) is 6.20 Å². The Kier molecular flexibility index (Phi) is 3.03. The summed E-state index contributed by atoms with van der Waals surface area (Å²) in [7, 11) is -3.35. The Morgan fingerprint density at radius 2 is 2.25 bits per heavy atom. The van der Waals surface area contributed by atoms with Crippen LogP contribution in [0.15, 0.2) is 17.3 Å². The lowest BCUT2D eigenvalue weighted by atomic mass is 9.95. The molecule has 0 aromatic carbocycles. The van der Waals surface area contributed by atoms with Gasteiger partial charge in [-0.1, -0.05) is 6.92 Å². The fraction of sp³-hybridized carbons (Fsp3) is 0.700. The summed E-state index contributed by atoms with van der Waals surface area (Å²) in [5.74, 6) is 0.603. The summed E-state index contributed by atoms with van der Waals surface area (Å²) >= 11 is 0. The van der Waals surface area contributed by atoms with Crippen molar-refractivity contribution in [1.82, 2.24) is 14.5 Å². The van der Waals surface area contributed by atoms with Gasteiger partial charge in [-0.3, -0.25) is 5.10 Å². The Balaban J connectivity index is 2.25. The molecule has 0 aliphatic carbocycles. The molecule has 1 aromatic rings. The number of nitrogens with zero attached hydrogens (tertiary/aromatic N) is 2. The second kappa shape index (κ2) is 4.18. The van der Waals surface area contributed by atoms with Gasteiger partial charge in [0.2, 0.25) is 10.0 Å². The fourth-order valence-electron chi connectivity index (χ4n) is 2.26. The van der Waals surface area contributed by atoms with Crippen LogP contribution >= 0.6 is 0 Å². The summed E-state index contributed by atoms with van der Waals surface area (Å²) in [5.41, 5.74) is 0. The first-order valence-corrected chi connectivity index (χ1v) is 6.96. The van der Waals surface area contributed by atoms with Crippen molar-refractivity contribution < 1.29 is 8.42 Å². The highest BCUT2D eigenvalue weighted by Gasteiger charge is 2.33. The molecule has 0 spiro atoms. The number of aromatic amines is 1. The Labute approximate surface area is 95.9 Å². The molecule has 0 bridgehead atoms. The van der Waals surface area contributed by atoms with E-state index in [4.69, 9.17) is 0 Å². The van der Waals surface area contributed by atoms with Gasteiger partial charge in [0.15, 0.2) is 0 Å². The first-order chi connectivity index (χ1) is 7.51. The minimum absolute atomic E-state index is 0.0728. The molecule has 1 fully saturated rings. The van der Waals surface area contributed by atoms with Crippen LogP contribution in [0.2, 0.25) is 0 Å². The summed E-state index contributed by atoms with van der Waals surface area (Å²) in [6.07, 6.45) is 4.65. The smallest absolute Gasteiger partial charge is 0.246 e. The first-order valence-electron chi connectivity index (χ1n) is 5.52. The Hall–Kier alpha value is -0.880. The summed E-state index contributed by atoms with van der Waals surface area (Å²) in [4.78, 5) is 0.258. The average Bonchev–Trinajstić information content (AvgIpc) is 2.69. The van der Waals surface area contributed by atoms with Crippen LogP contribution in [0.3, 0.4) is 0 Å². The molecule has 2 atom stereocenters. The third-order valence-corrected chi connectivity index (χ3v) is 5.14. The Morgan fingerprint density at radius 1 is 1.50 bits per heavy atom. The molecule has 2 rings (SSSR count). The number of nitrogens with one attached hydrogen (secondary N) is 1. The van der Waals surface area contributed by atoms with Gasteiger partial charge >= 0.3 is 0 Å². The van der Waals surface area contributed by atoms with E-state index >= 15 is 0 Å². The average molecular weight is 243 g/mol. The molecule has 16 heavy (non-hydrogen) atoms. The number of H-pyrrole nitrogens is 1. The lowest BCUT2D eigenvalue weighted by Gasteiger charge is -2.35. The molecule has 1 aliphatic rings. The van der Waals surface area contributed by atoms with E-state index in [9.17, 15) is 8.42 Å². The molecule has 5 nitrogen and oxygen atoms in total. The predicted octanol–water partition coefficient (Wildman–Crippen LogP) is 1.22. The summed E-state index contributed by atoms with van der Waals surface area (Å²) in [6.45, 7) is 4.74. The van der Waals surface area contributed by atoms with Crippen LogP contribution in [0.5, 0.6) is 0 Å². The number of sulfonamides is 1. The van der Waals surface area contributed by atoms with Crippen LogP contribution in [0.25, 0.3) is 0 Å². The third-order valence-electron chi connectivity index (χ3n) is 3.16. The van der Waals surface area contributed by atoms with Gasteiger partial charge in [0.1, 0.15) is 4.90 Å². The van der Waals surface area contributed by atoms with Gasteiger partial charge in [0, 0.05) is 18.8 Å². The maximum Gasteiger partial charge on any atom is 0.246 e. The monoisotopic (exact) mass is 243 g/mol. The van der Waals surface area contributed by atoms with Crippen molar-refractivity contribution in [1.29, 1.82) is 0 Å². The molecule has 6 heteroatoms. The van der Waals surface area contributed by atoms with Crippen molar-refractivity contribution in [3.63, 3.8) is 0 Å². The molecular weight excluding hydrogens is 226 g/mol. The molecule has 1 aliphatic heterocycles. The lowest BCUT2D eigenvalue weighted by molar-refractivity contribution is 0.220. The number of rotatable bonds is 2. The number of hydrogen-bond donors (Lipinski definition) is 1. The number of piperidine rings is 1. The summed E-state index contributed by atoms with van der Waals surface area (Å²) in [6, 6.07) is 0.0728. The highest BCUT2D eigenvalue weighted by molar-refractivity contribution is 7.89. The van der Waals surface area contributed by atoms with Crippen molar-refractivity contribution in [2.75, 3.05) is 6.54 Å². The Bertz CT molecular complexity index is 441. The summed E-state index contributed by atoms with van der Waals surface area (Å²) < 4.78 is 26.0. The van der Waals surface area contributed by atoms with E-state index in [0.29, 0.717) is 12.5 Å². The molecule has 1 aromatic heterocycles. The van der Waals surface area contributed by atoms with Crippen molar-refractivity contribution in [2.24, 2.45) is 5.92 Å². The maximum absolute atomic E-state index is 12.2. The van der Waals surface area contributed by atoms with Crippen LogP contribution in [0.4, 0.5) is 0 Å². The van der Waals surface area contributed by atoms with Gasteiger partial charge in [-0.05, 0) is 25.7 Å². The van der Waals surface area contributed by atoms with Crippen LogP contribution in [0, 0.1) is 5.92 Å².